The average Bonchev–Trinajstić information content (AvgIpc) is 2.90. The summed E-state index contributed by atoms with van der Waals surface area (Å²) in [7, 11) is 0. The Labute approximate surface area is 144 Å². The third kappa shape index (κ3) is 2.15. The summed E-state index contributed by atoms with van der Waals surface area (Å²) in [5.41, 5.74) is 3.11. The van der Waals surface area contributed by atoms with Crippen LogP contribution in [0, 0.1) is 40.4 Å². The maximum atomic E-state index is 2.63. The molecule has 0 aromatic heterocycles. The first-order chi connectivity index (χ1) is 11.0. The molecule has 7 unspecified atom stereocenters. The van der Waals surface area contributed by atoms with Crippen molar-refractivity contribution in [1.29, 1.82) is 0 Å². The van der Waals surface area contributed by atoms with E-state index in [1.165, 1.54) is 38.5 Å². The first-order valence-electron chi connectivity index (χ1n) is 10.7. The zero-order valence-electron chi connectivity index (χ0n) is 16.0. The van der Waals surface area contributed by atoms with Crippen molar-refractivity contribution in [3.05, 3.63) is 11.6 Å². The van der Waals surface area contributed by atoms with E-state index in [9.17, 15) is 0 Å². The molecule has 0 saturated heterocycles. The quantitative estimate of drug-likeness (QED) is 0.457. The van der Waals surface area contributed by atoms with Crippen LogP contribution in [-0.2, 0) is 0 Å². The van der Waals surface area contributed by atoms with E-state index in [-0.39, 0.29) is 0 Å². The molecule has 0 bridgehead atoms. The standard InChI is InChI=1S/C23H38/c1-5-17-8-10-20-19-9-7-18-15-16(3)11-14-23(18,6-2)21(19)12-13-22(17,20)4/h5,16,18-21H,6-15H2,1-4H3/b17-5-. The van der Waals surface area contributed by atoms with Gasteiger partial charge in [0, 0.05) is 0 Å². The molecule has 0 aromatic carbocycles. The van der Waals surface area contributed by atoms with Crippen LogP contribution in [0.4, 0.5) is 0 Å². The van der Waals surface area contributed by atoms with Gasteiger partial charge in [-0.05, 0) is 105 Å². The smallest absolute Gasteiger partial charge is 0.00853 e. The van der Waals surface area contributed by atoms with E-state index in [0.29, 0.717) is 5.41 Å². The van der Waals surface area contributed by atoms with Crippen LogP contribution >= 0.6 is 0 Å². The summed E-state index contributed by atoms with van der Waals surface area (Å²) in [5, 5.41) is 0. The second-order valence-corrected chi connectivity index (χ2v) is 9.93. The third-order valence-electron chi connectivity index (χ3n) is 9.48. The van der Waals surface area contributed by atoms with Crippen molar-refractivity contribution < 1.29 is 0 Å². The highest BCUT2D eigenvalue weighted by molar-refractivity contribution is 5.23. The SMILES string of the molecule is C/C=C1/CCC2C3CCC4CC(C)CCC4(CC)C3CCC12C. The summed E-state index contributed by atoms with van der Waals surface area (Å²) < 4.78 is 0. The number of fused-ring (bicyclic) bond motifs is 5. The van der Waals surface area contributed by atoms with Crippen LogP contribution in [0.3, 0.4) is 0 Å². The van der Waals surface area contributed by atoms with Crippen LogP contribution in [0.5, 0.6) is 0 Å². The van der Waals surface area contributed by atoms with Gasteiger partial charge in [-0.3, -0.25) is 0 Å². The molecule has 130 valence electrons. The van der Waals surface area contributed by atoms with Crippen molar-refractivity contribution in [2.24, 2.45) is 40.4 Å². The molecule has 4 aliphatic carbocycles. The van der Waals surface area contributed by atoms with E-state index >= 15 is 0 Å². The van der Waals surface area contributed by atoms with E-state index in [4.69, 9.17) is 0 Å². The minimum atomic E-state index is 0.569. The van der Waals surface area contributed by atoms with E-state index in [1.54, 1.807) is 25.7 Å². The van der Waals surface area contributed by atoms with Crippen LogP contribution < -0.4 is 0 Å². The Bertz CT molecular complexity index is 488. The lowest BCUT2D eigenvalue weighted by molar-refractivity contribution is -0.117. The lowest BCUT2D eigenvalue weighted by Crippen LogP contribution is -2.53. The fraction of sp³-hybridized carbons (Fsp3) is 0.913. The lowest BCUT2D eigenvalue weighted by atomic mass is 9.43. The minimum Gasteiger partial charge on any atom is -0.0879 e. The molecule has 0 heteroatoms. The van der Waals surface area contributed by atoms with Crippen LogP contribution in [0.2, 0.25) is 0 Å². The van der Waals surface area contributed by atoms with Crippen molar-refractivity contribution in [3.63, 3.8) is 0 Å². The van der Waals surface area contributed by atoms with Gasteiger partial charge < -0.3 is 0 Å². The number of rotatable bonds is 1. The Balaban J connectivity index is 1.66. The molecule has 4 rings (SSSR count). The highest BCUT2D eigenvalue weighted by Gasteiger charge is 2.59. The van der Waals surface area contributed by atoms with Crippen molar-refractivity contribution in [1.82, 2.24) is 0 Å². The van der Waals surface area contributed by atoms with Gasteiger partial charge in [-0.15, -0.1) is 0 Å². The molecule has 0 heterocycles. The maximum absolute atomic E-state index is 2.63. The molecule has 4 fully saturated rings. The number of hydrogen-bond donors (Lipinski definition) is 0. The second-order valence-electron chi connectivity index (χ2n) is 9.93. The average molecular weight is 315 g/mol. The first-order valence-corrected chi connectivity index (χ1v) is 10.7. The fourth-order valence-corrected chi connectivity index (χ4v) is 8.30. The highest BCUT2D eigenvalue weighted by atomic mass is 14.6. The Kier molecular flexibility index (Phi) is 3.97. The molecular weight excluding hydrogens is 276 g/mol. The third-order valence-corrected chi connectivity index (χ3v) is 9.48. The predicted octanol–water partition coefficient (Wildman–Crippen LogP) is 7.00. The highest BCUT2D eigenvalue weighted by Crippen LogP contribution is 2.68. The van der Waals surface area contributed by atoms with E-state index in [1.807, 2.05) is 5.57 Å². The summed E-state index contributed by atoms with van der Waals surface area (Å²) in [6.45, 7) is 9.97. The predicted molar refractivity (Wildman–Crippen MR) is 99.3 cm³/mol. The summed E-state index contributed by atoms with van der Waals surface area (Å²) in [4.78, 5) is 0. The molecule has 7 atom stereocenters. The van der Waals surface area contributed by atoms with Crippen molar-refractivity contribution >= 4 is 0 Å². The molecule has 0 spiro atoms. The zero-order valence-corrected chi connectivity index (χ0v) is 16.0. The van der Waals surface area contributed by atoms with Crippen LogP contribution in [0.25, 0.3) is 0 Å². The summed E-state index contributed by atoms with van der Waals surface area (Å²) in [5.74, 6) is 5.18. The van der Waals surface area contributed by atoms with Crippen molar-refractivity contribution in [2.45, 2.75) is 91.9 Å². The van der Waals surface area contributed by atoms with Crippen molar-refractivity contribution in [3.8, 4) is 0 Å². The van der Waals surface area contributed by atoms with Gasteiger partial charge in [0.15, 0.2) is 0 Å². The summed E-state index contributed by atoms with van der Waals surface area (Å²) >= 11 is 0. The monoisotopic (exact) mass is 314 g/mol. The van der Waals surface area contributed by atoms with Gasteiger partial charge in [0.2, 0.25) is 0 Å². The van der Waals surface area contributed by atoms with Crippen LogP contribution in [-0.4, -0.2) is 0 Å². The Morgan fingerprint density at radius 1 is 1.04 bits per heavy atom. The van der Waals surface area contributed by atoms with Gasteiger partial charge in [-0.2, -0.15) is 0 Å². The summed E-state index contributed by atoms with van der Waals surface area (Å²) in [6, 6.07) is 0. The van der Waals surface area contributed by atoms with E-state index in [0.717, 1.165) is 35.0 Å². The molecule has 0 radical (unpaired) electrons. The Hall–Kier alpha value is -0.260. The Morgan fingerprint density at radius 3 is 2.61 bits per heavy atom. The van der Waals surface area contributed by atoms with Gasteiger partial charge in [0.05, 0.1) is 0 Å². The number of hydrogen-bond acceptors (Lipinski definition) is 0. The second kappa shape index (κ2) is 5.63. The van der Waals surface area contributed by atoms with Gasteiger partial charge in [0.1, 0.15) is 0 Å². The molecule has 23 heavy (non-hydrogen) atoms. The van der Waals surface area contributed by atoms with E-state index in [2.05, 4.69) is 33.8 Å². The first kappa shape index (κ1) is 16.2. The van der Waals surface area contributed by atoms with Crippen molar-refractivity contribution in [2.75, 3.05) is 0 Å². The van der Waals surface area contributed by atoms with Crippen LogP contribution in [0.15, 0.2) is 11.6 Å². The van der Waals surface area contributed by atoms with Gasteiger partial charge in [-0.25, -0.2) is 0 Å². The zero-order chi connectivity index (χ0) is 16.2. The molecule has 0 nitrogen and oxygen atoms in total. The fourth-order valence-electron chi connectivity index (χ4n) is 8.30. The lowest BCUT2D eigenvalue weighted by Gasteiger charge is -2.61. The Morgan fingerprint density at radius 2 is 1.87 bits per heavy atom. The molecular formula is C23H38. The van der Waals surface area contributed by atoms with Gasteiger partial charge in [-0.1, -0.05) is 38.8 Å². The minimum absolute atomic E-state index is 0.569. The van der Waals surface area contributed by atoms with Crippen LogP contribution in [0.1, 0.15) is 91.9 Å². The van der Waals surface area contributed by atoms with Gasteiger partial charge in [0.25, 0.3) is 0 Å². The molecule has 4 saturated carbocycles. The van der Waals surface area contributed by atoms with E-state index < -0.39 is 0 Å². The molecule has 0 N–H and O–H groups in total. The molecule has 0 aliphatic heterocycles. The molecule has 0 amide bonds. The maximum Gasteiger partial charge on any atom is -0.00853 e. The molecule has 0 aromatic rings. The number of allylic oxidation sites excluding steroid dienone is 2. The van der Waals surface area contributed by atoms with Gasteiger partial charge >= 0.3 is 0 Å². The normalized spacial score (nSPS) is 54.4. The topological polar surface area (TPSA) is 0 Å². The largest absolute Gasteiger partial charge is 0.0879 e. The summed E-state index contributed by atoms with van der Waals surface area (Å²) in [6.07, 6.45) is 17.6. The molecule has 4 aliphatic rings.